The van der Waals surface area contributed by atoms with Gasteiger partial charge in [0.25, 0.3) is 0 Å². The van der Waals surface area contributed by atoms with Gasteiger partial charge in [-0.1, -0.05) is 15.9 Å². The average Bonchev–Trinajstić information content (AvgIpc) is 2.65. The lowest BCUT2D eigenvalue weighted by Crippen LogP contribution is -2.20. The molecule has 3 nitrogen and oxygen atoms in total. The van der Waals surface area contributed by atoms with E-state index in [-0.39, 0.29) is 11.2 Å². The summed E-state index contributed by atoms with van der Waals surface area (Å²) >= 11 is 4.98. The number of thioether (sulfide) groups is 1. The Morgan fingerprint density at radius 2 is 2.38 bits per heavy atom. The summed E-state index contributed by atoms with van der Waals surface area (Å²) in [7, 11) is 1.64. The van der Waals surface area contributed by atoms with Crippen LogP contribution in [0.1, 0.15) is 6.42 Å². The minimum atomic E-state index is 0.00296. The molecular weight excluding hydrogens is 290 g/mol. The van der Waals surface area contributed by atoms with Crippen molar-refractivity contribution in [3.63, 3.8) is 0 Å². The largest absolute Gasteiger partial charge is 0.496 e. The van der Waals surface area contributed by atoms with Crippen LogP contribution in [0.25, 0.3) is 0 Å². The van der Waals surface area contributed by atoms with E-state index >= 15 is 0 Å². The van der Waals surface area contributed by atoms with Crippen LogP contribution in [0.15, 0.2) is 27.6 Å². The first kappa shape index (κ1) is 11.8. The van der Waals surface area contributed by atoms with E-state index < -0.39 is 0 Å². The van der Waals surface area contributed by atoms with E-state index in [0.717, 1.165) is 28.1 Å². The number of ether oxygens (including phenoxy) is 1. The molecule has 1 aliphatic rings. The van der Waals surface area contributed by atoms with Gasteiger partial charge >= 0.3 is 0 Å². The number of carbonyl (C=O) groups excluding carboxylic acids is 1. The maximum absolute atomic E-state index is 11.5. The lowest BCUT2D eigenvalue weighted by atomic mass is 10.3. The van der Waals surface area contributed by atoms with Gasteiger partial charge in [0.1, 0.15) is 5.75 Å². The summed E-state index contributed by atoms with van der Waals surface area (Å²) in [5.74, 6) is 0.930. The highest BCUT2D eigenvalue weighted by atomic mass is 79.9. The number of hydrogen-bond donors (Lipinski definition) is 1. The van der Waals surface area contributed by atoms with Crippen molar-refractivity contribution in [2.75, 3.05) is 13.7 Å². The minimum Gasteiger partial charge on any atom is -0.496 e. The summed E-state index contributed by atoms with van der Waals surface area (Å²) in [6.07, 6.45) is 0.874. The quantitative estimate of drug-likeness (QED) is 0.932. The van der Waals surface area contributed by atoms with Gasteiger partial charge in [0.2, 0.25) is 5.91 Å². The van der Waals surface area contributed by atoms with Crippen LogP contribution in [-0.4, -0.2) is 24.8 Å². The van der Waals surface area contributed by atoms with E-state index in [4.69, 9.17) is 4.74 Å². The summed E-state index contributed by atoms with van der Waals surface area (Å²) < 4.78 is 6.27. The number of hydrogen-bond acceptors (Lipinski definition) is 3. The van der Waals surface area contributed by atoms with Crippen molar-refractivity contribution in [1.82, 2.24) is 5.32 Å². The Hall–Kier alpha value is -0.680. The third kappa shape index (κ3) is 2.52. The van der Waals surface area contributed by atoms with E-state index in [1.54, 1.807) is 18.9 Å². The molecule has 0 radical (unpaired) electrons. The molecule has 86 valence electrons. The van der Waals surface area contributed by atoms with Crippen molar-refractivity contribution in [2.24, 2.45) is 0 Å². The highest BCUT2D eigenvalue weighted by Crippen LogP contribution is 2.36. The molecule has 1 aromatic carbocycles. The molecule has 1 saturated heterocycles. The summed E-state index contributed by atoms with van der Waals surface area (Å²) in [5.41, 5.74) is 0. The highest BCUT2D eigenvalue weighted by Gasteiger charge is 2.26. The fourth-order valence-electron chi connectivity index (χ4n) is 1.58. The van der Waals surface area contributed by atoms with Crippen LogP contribution in [0.2, 0.25) is 0 Å². The number of amides is 1. The van der Waals surface area contributed by atoms with Crippen LogP contribution in [0.4, 0.5) is 0 Å². The molecule has 1 fully saturated rings. The molecule has 1 aliphatic heterocycles. The molecule has 0 aliphatic carbocycles. The number of nitrogens with one attached hydrogen (secondary N) is 1. The van der Waals surface area contributed by atoms with E-state index in [0.29, 0.717) is 0 Å². The van der Waals surface area contributed by atoms with Crippen LogP contribution in [0.3, 0.4) is 0 Å². The zero-order chi connectivity index (χ0) is 11.5. The van der Waals surface area contributed by atoms with Gasteiger partial charge in [-0.25, -0.2) is 0 Å². The molecule has 1 atom stereocenters. The molecule has 0 aromatic heterocycles. The topological polar surface area (TPSA) is 38.3 Å². The van der Waals surface area contributed by atoms with Crippen LogP contribution in [-0.2, 0) is 4.79 Å². The van der Waals surface area contributed by atoms with Crippen molar-refractivity contribution >= 4 is 33.6 Å². The van der Waals surface area contributed by atoms with Gasteiger partial charge in [0, 0.05) is 11.0 Å². The highest BCUT2D eigenvalue weighted by molar-refractivity contribution is 9.10. The third-order valence-corrected chi connectivity index (χ3v) is 4.19. The Morgan fingerprint density at radius 1 is 1.56 bits per heavy atom. The second kappa shape index (κ2) is 5.10. The van der Waals surface area contributed by atoms with Gasteiger partial charge in [0.15, 0.2) is 0 Å². The average molecular weight is 302 g/mol. The molecule has 5 heteroatoms. The summed E-state index contributed by atoms with van der Waals surface area (Å²) in [5, 5.41) is 2.83. The molecular formula is C11H12BrNO2S. The maximum atomic E-state index is 11.5. The Morgan fingerprint density at radius 3 is 3.00 bits per heavy atom. The van der Waals surface area contributed by atoms with Crippen LogP contribution < -0.4 is 10.1 Å². The molecule has 1 N–H and O–H groups in total. The molecule has 16 heavy (non-hydrogen) atoms. The molecule has 0 bridgehead atoms. The number of benzene rings is 1. The zero-order valence-corrected chi connectivity index (χ0v) is 11.2. The van der Waals surface area contributed by atoms with E-state index in [9.17, 15) is 4.79 Å². The smallest absolute Gasteiger partial charge is 0.233 e. The first-order valence-corrected chi connectivity index (χ1v) is 6.66. The lowest BCUT2D eigenvalue weighted by Gasteiger charge is -2.11. The van der Waals surface area contributed by atoms with Crippen molar-refractivity contribution < 1.29 is 9.53 Å². The number of halogens is 1. The Balaban J connectivity index is 2.19. The second-order valence-corrected chi connectivity index (χ2v) is 5.64. The molecule has 0 spiro atoms. The van der Waals surface area contributed by atoms with Gasteiger partial charge in [-0.3, -0.25) is 4.79 Å². The lowest BCUT2D eigenvalue weighted by molar-refractivity contribution is -0.118. The number of carbonyl (C=O) groups is 1. The number of rotatable bonds is 3. The van der Waals surface area contributed by atoms with Crippen molar-refractivity contribution in [2.45, 2.75) is 16.6 Å². The molecule has 1 aromatic rings. The van der Waals surface area contributed by atoms with Crippen molar-refractivity contribution in [3.8, 4) is 5.75 Å². The first-order valence-electron chi connectivity index (χ1n) is 4.98. The minimum absolute atomic E-state index is 0.00296. The van der Waals surface area contributed by atoms with Crippen molar-refractivity contribution in [1.29, 1.82) is 0 Å². The predicted octanol–water partition coefficient (Wildman–Crippen LogP) is 2.44. The summed E-state index contributed by atoms with van der Waals surface area (Å²) in [6.45, 7) is 0.771. The summed E-state index contributed by atoms with van der Waals surface area (Å²) in [4.78, 5) is 12.5. The SMILES string of the molecule is COc1ccc(Br)cc1SC1CCNC1=O. The molecule has 1 heterocycles. The van der Waals surface area contributed by atoms with Crippen LogP contribution >= 0.6 is 27.7 Å². The Kier molecular flexibility index (Phi) is 3.76. The van der Waals surface area contributed by atoms with Crippen LogP contribution in [0, 0.1) is 0 Å². The van der Waals surface area contributed by atoms with E-state index in [1.165, 1.54) is 0 Å². The van der Waals surface area contributed by atoms with Gasteiger partial charge < -0.3 is 10.1 Å². The van der Waals surface area contributed by atoms with Crippen molar-refractivity contribution in [3.05, 3.63) is 22.7 Å². The molecule has 0 saturated carbocycles. The second-order valence-electron chi connectivity index (χ2n) is 3.48. The predicted molar refractivity (Wildman–Crippen MR) is 68.0 cm³/mol. The summed E-state index contributed by atoms with van der Waals surface area (Å²) in [6, 6.07) is 5.81. The van der Waals surface area contributed by atoms with Crippen LogP contribution in [0.5, 0.6) is 5.75 Å². The standard InChI is InChI=1S/C11H12BrNO2S/c1-15-8-3-2-7(12)6-10(8)16-9-4-5-13-11(9)14/h2-3,6,9H,4-5H2,1H3,(H,13,14). The fraction of sp³-hybridized carbons (Fsp3) is 0.364. The zero-order valence-electron chi connectivity index (χ0n) is 8.83. The van der Waals surface area contributed by atoms with E-state index in [2.05, 4.69) is 21.2 Å². The normalized spacial score (nSPS) is 19.6. The molecule has 2 rings (SSSR count). The molecule has 1 unspecified atom stereocenters. The third-order valence-electron chi connectivity index (χ3n) is 2.39. The number of methoxy groups -OCH3 is 1. The molecule has 1 amide bonds. The Bertz CT molecular complexity index is 411. The monoisotopic (exact) mass is 301 g/mol. The Labute approximate surface area is 107 Å². The van der Waals surface area contributed by atoms with Gasteiger partial charge in [-0.15, -0.1) is 11.8 Å². The maximum Gasteiger partial charge on any atom is 0.233 e. The van der Waals surface area contributed by atoms with Gasteiger partial charge in [-0.05, 0) is 24.6 Å². The van der Waals surface area contributed by atoms with Gasteiger partial charge in [0.05, 0.1) is 17.3 Å². The van der Waals surface area contributed by atoms with E-state index in [1.807, 2.05) is 18.2 Å². The van der Waals surface area contributed by atoms with Gasteiger partial charge in [-0.2, -0.15) is 0 Å². The first-order chi connectivity index (χ1) is 7.70. The fourth-order valence-corrected chi connectivity index (χ4v) is 3.29.